The molecule has 0 bridgehead atoms. The summed E-state index contributed by atoms with van der Waals surface area (Å²) in [5, 5.41) is 28.2. The minimum atomic E-state index is -0.128. The molecule has 0 amide bonds. The van der Waals surface area contributed by atoms with Crippen LogP contribution in [0.4, 0.5) is 0 Å². The van der Waals surface area contributed by atoms with Gasteiger partial charge in [0.15, 0.2) is 0 Å². The fourth-order valence-electron chi connectivity index (χ4n) is 0.250. The topological polar surface area (TPSA) is 96.9 Å². The van der Waals surface area contributed by atoms with E-state index in [1.807, 2.05) is 0 Å². The molecule has 0 aliphatic rings. The molecule has 98 valence electrons. The molecule has 7 heteroatoms. The first-order valence-corrected chi connectivity index (χ1v) is 4.46. The van der Waals surface area contributed by atoms with E-state index in [0.717, 1.165) is 0 Å². The van der Waals surface area contributed by atoms with Crippen LogP contribution in [0.5, 0.6) is 0 Å². The summed E-state index contributed by atoms with van der Waals surface area (Å²) >= 11 is 0. The van der Waals surface area contributed by atoms with Crippen molar-refractivity contribution in [1.29, 1.82) is 0 Å². The summed E-state index contributed by atoms with van der Waals surface area (Å²) in [6.45, 7) is 0.615. The second kappa shape index (κ2) is 36.1. The van der Waals surface area contributed by atoms with Gasteiger partial charge in [-0.1, -0.05) is 0 Å². The molecule has 0 rings (SSSR count). The van der Waals surface area contributed by atoms with Gasteiger partial charge < -0.3 is 29.5 Å². The molecule has 0 heterocycles. The second-order valence-corrected chi connectivity index (χ2v) is 2.09. The van der Waals surface area contributed by atoms with Gasteiger partial charge in [-0.15, -0.1) is 19.8 Å². The van der Waals surface area contributed by atoms with E-state index in [9.17, 15) is 15.3 Å². The molecule has 0 aromatic rings. The average molecular weight is 347 g/mol. The summed E-state index contributed by atoms with van der Waals surface area (Å²) in [5.41, 5.74) is 0. The molecule has 0 unspecified atom stereocenters. The zero-order valence-electron chi connectivity index (χ0n) is 10.1. The Bertz CT molecular complexity index is 56.8. The summed E-state index contributed by atoms with van der Waals surface area (Å²) < 4.78 is 13.1. The van der Waals surface area contributed by atoms with Crippen LogP contribution in [-0.4, -0.2) is 85.4 Å². The smallest absolute Gasteiger partial charge is 0.853 e. The third-order valence-electron chi connectivity index (χ3n) is 0.862. The standard InChI is InChI=1S/3C3H7O2.Sb/c3*1-5-3-2-4;/h3*2-3H2,1H3;/q3*-1;+3. The molecule has 0 fully saturated rings. The van der Waals surface area contributed by atoms with Crippen molar-refractivity contribution in [3.05, 3.63) is 0 Å². The van der Waals surface area contributed by atoms with Crippen molar-refractivity contribution >= 4 is 24.4 Å². The van der Waals surface area contributed by atoms with Gasteiger partial charge in [0.2, 0.25) is 0 Å². The van der Waals surface area contributed by atoms with Gasteiger partial charge >= 0.3 is 24.4 Å². The Hall–Kier alpha value is 0.578. The summed E-state index contributed by atoms with van der Waals surface area (Å²) in [6, 6.07) is 0. The Kier molecular flexibility index (Phi) is 57.4. The van der Waals surface area contributed by atoms with E-state index in [1.54, 1.807) is 0 Å². The van der Waals surface area contributed by atoms with Gasteiger partial charge in [0.05, 0.1) is 0 Å². The van der Waals surface area contributed by atoms with Crippen LogP contribution in [-0.2, 0) is 14.2 Å². The van der Waals surface area contributed by atoms with E-state index < -0.39 is 0 Å². The molecule has 16 heavy (non-hydrogen) atoms. The number of ether oxygens (including phenoxy) is 3. The molecule has 0 saturated heterocycles. The van der Waals surface area contributed by atoms with Crippen LogP contribution in [0.2, 0.25) is 0 Å². The number of methoxy groups -OCH3 is 3. The van der Waals surface area contributed by atoms with Crippen LogP contribution < -0.4 is 15.3 Å². The molecular weight excluding hydrogens is 326 g/mol. The molecule has 2 radical (unpaired) electrons. The molecule has 6 nitrogen and oxygen atoms in total. The molecule has 0 atom stereocenters. The molecule has 0 saturated carbocycles. The van der Waals surface area contributed by atoms with Crippen LogP contribution >= 0.6 is 0 Å². The van der Waals surface area contributed by atoms with Gasteiger partial charge in [-0.25, -0.2) is 0 Å². The maximum Gasteiger partial charge on any atom is 3.00 e. The van der Waals surface area contributed by atoms with Crippen molar-refractivity contribution in [2.45, 2.75) is 0 Å². The average Bonchev–Trinajstić information content (AvgIpc) is 2.23. The third kappa shape index (κ3) is 62.1. The van der Waals surface area contributed by atoms with Gasteiger partial charge in [-0.2, -0.15) is 0 Å². The van der Waals surface area contributed by atoms with Gasteiger partial charge in [0, 0.05) is 41.2 Å². The van der Waals surface area contributed by atoms with Crippen molar-refractivity contribution in [3.63, 3.8) is 0 Å². The van der Waals surface area contributed by atoms with E-state index in [1.165, 1.54) is 21.3 Å². The van der Waals surface area contributed by atoms with Crippen molar-refractivity contribution in [3.8, 4) is 0 Å². The Morgan fingerprint density at radius 1 is 0.625 bits per heavy atom. The normalized spacial score (nSPS) is 7.88. The summed E-state index contributed by atoms with van der Waals surface area (Å²) in [7, 11) is 4.54. The maximum absolute atomic E-state index is 9.40. The predicted molar refractivity (Wildman–Crippen MR) is 56.0 cm³/mol. The van der Waals surface area contributed by atoms with Gasteiger partial charge in [-0.05, 0) is 0 Å². The Morgan fingerprint density at radius 3 is 0.812 bits per heavy atom. The molecule has 0 aromatic heterocycles. The predicted octanol–water partition coefficient (Wildman–Crippen LogP) is -3.40. The molecule has 0 aliphatic heterocycles. The van der Waals surface area contributed by atoms with Gasteiger partial charge in [-0.3, -0.25) is 0 Å². The second-order valence-electron chi connectivity index (χ2n) is 2.09. The van der Waals surface area contributed by atoms with Gasteiger partial charge in [0.1, 0.15) is 0 Å². The molecule has 0 aliphatic carbocycles. The van der Waals surface area contributed by atoms with E-state index in [2.05, 4.69) is 14.2 Å². The first kappa shape index (κ1) is 25.4. The van der Waals surface area contributed by atoms with Crippen LogP contribution in [0.15, 0.2) is 0 Å². The van der Waals surface area contributed by atoms with Crippen molar-refractivity contribution in [1.82, 2.24) is 0 Å². The SMILES string of the molecule is COCC[O-].COCC[O-].COCC[O-].[Sb+3]. The summed E-state index contributed by atoms with van der Waals surface area (Å²) in [4.78, 5) is 0. The third-order valence-corrected chi connectivity index (χ3v) is 0.862. The minimum Gasteiger partial charge on any atom is -0.853 e. The fraction of sp³-hybridized carbons (Fsp3) is 1.00. The fourth-order valence-corrected chi connectivity index (χ4v) is 0.250. The van der Waals surface area contributed by atoms with E-state index >= 15 is 0 Å². The Balaban J connectivity index is -0.0000000655. The van der Waals surface area contributed by atoms with Crippen LogP contribution in [0.3, 0.4) is 0 Å². The van der Waals surface area contributed by atoms with E-state index in [-0.39, 0.29) is 44.2 Å². The maximum atomic E-state index is 9.40. The number of rotatable bonds is 6. The first-order valence-electron chi connectivity index (χ1n) is 4.46. The largest absolute Gasteiger partial charge is 3.00 e. The zero-order chi connectivity index (χ0) is 12.4. The zero-order valence-corrected chi connectivity index (χ0v) is 12.7. The summed E-state index contributed by atoms with van der Waals surface area (Å²) in [6.07, 6.45) is 0. The number of hydrogen-bond donors (Lipinski definition) is 0. The van der Waals surface area contributed by atoms with Gasteiger partial charge in [0.25, 0.3) is 0 Å². The molecule has 0 spiro atoms. The minimum absolute atomic E-state index is 0. The Labute approximate surface area is 115 Å². The summed E-state index contributed by atoms with van der Waals surface area (Å²) in [5.74, 6) is 0. The van der Waals surface area contributed by atoms with Crippen LogP contribution in [0.25, 0.3) is 0 Å². The Morgan fingerprint density at radius 2 is 0.812 bits per heavy atom. The van der Waals surface area contributed by atoms with Crippen molar-refractivity contribution < 1.29 is 29.5 Å². The van der Waals surface area contributed by atoms with E-state index in [0.29, 0.717) is 19.8 Å². The van der Waals surface area contributed by atoms with Crippen LogP contribution in [0, 0.1) is 0 Å². The number of hydrogen-bond acceptors (Lipinski definition) is 6. The van der Waals surface area contributed by atoms with Crippen molar-refractivity contribution in [2.75, 3.05) is 61.0 Å². The molecular formula is C9H21O6Sb. The molecule has 0 N–H and O–H groups in total. The molecule has 0 aromatic carbocycles. The quantitative estimate of drug-likeness (QED) is 0.465. The van der Waals surface area contributed by atoms with Crippen molar-refractivity contribution in [2.24, 2.45) is 0 Å². The monoisotopic (exact) mass is 346 g/mol. The van der Waals surface area contributed by atoms with E-state index in [4.69, 9.17) is 0 Å². The van der Waals surface area contributed by atoms with Crippen LogP contribution in [0.1, 0.15) is 0 Å². The first-order chi connectivity index (χ1) is 7.24.